The highest BCUT2D eigenvalue weighted by Gasteiger charge is 1.84. The van der Waals surface area contributed by atoms with Gasteiger partial charge in [0.15, 0.2) is 5.00 Å². The van der Waals surface area contributed by atoms with Crippen molar-refractivity contribution in [1.82, 2.24) is 9.90 Å². The summed E-state index contributed by atoms with van der Waals surface area (Å²) in [5, 5.41) is 3.43. The van der Waals surface area contributed by atoms with Crippen LogP contribution in [0.15, 0.2) is 17.4 Å². The third-order valence-electron chi connectivity index (χ3n) is 0.523. The Kier molecular flexibility index (Phi) is 1.12. The van der Waals surface area contributed by atoms with Gasteiger partial charge in [0.05, 0.1) is 0 Å². The highest BCUT2D eigenvalue weighted by molar-refractivity contribution is 7.09. The van der Waals surface area contributed by atoms with Crippen LogP contribution in [0.25, 0.3) is 0 Å². The highest BCUT2D eigenvalue weighted by atomic mass is 32.1. The normalized spacial score (nSPS) is 8.57. The molecule has 0 aliphatic rings. The quantitative estimate of drug-likeness (QED) is 0.500. The molecule has 0 saturated carbocycles. The SMILES string of the molecule is [N]=Nc1ccns1. The first-order valence-corrected chi connectivity index (χ1v) is 2.46. The molecular weight excluding hydrogens is 110 g/mol. The van der Waals surface area contributed by atoms with E-state index in [-0.39, 0.29) is 0 Å². The van der Waals surface area contributed by atoms with Gasteiger partial charge in [-0.2, -0.15) is 4.37 Å². The Bertz CT molecular complexity index is 145. The van der Waals surface area contributed by atoms with Crippen molar-refractivity contribution in [1.29, 1.82) is 0 Å². The van der Waals surface area contributed by atoms with Crippen LogP contribution in [0.5, 0.6) is 0 Å². The summed E-state index contributed by atoms with van der Waals surface area (Å²) in [6.07, 6.45) is 1.58. The van der Waals surface area contributed by atoms with Crippen molar-refractivity contribution in [2.45, 2.75) is 0 Å². The van der Waals surface area contributed by atoms with Crippen LogP contribution in [0, 0.1) is 0 Å². The van der Waals surface area contributed by atoms with Gasteiger partial charge in [0, 0.05) is 6.20 Å². The Balaban J connectivity index is 2.96. The van der Waals surface area contributed by atoms with Crippen LogP contribution in [0.1, 0.15) is 0 Å². The molecule has 1 aromatic heterocycles. The van der Waals surface area contributed by atoms with Crippen LogP contribution in [-0.4, -0.2) is 4.37 Å². The van der Waals surface area contributed by atoms with Gasteiger partial charge in [-0.25, -0.2) is 0 Å². The Labute approximate surface area is 44.7 Å². The maximum Gasteiger partial charge on any atom is 0.160 e. The van der Waals surface area contributed by atoms with E-state index in [1.165, 1.54) is 0 Å². The summed E-state index contributed by atoms with van der Waals surface area (Å²) in [5.41, 5.74) is 8.02. The predicted molar refractivity (Wildman–Crippen MR) is 26.3 cm³/mol. The average molecular weight is 112 g/mol. The monoisotopic (exact) mass is 112 g/mol. The topological polar surface area (TPSA) is 47.5 Å². The molecule has 1 rings (SSSR count). The number of hydrogen-bond acceptors (Lipinski definition) is 3. The van der Waals surface area contributed by atoms with E-state index >= 15 is 0 Å². The van der Waals surface area contributed by atoms with E-state index < -0.39 is 0 Å². The molecule has 0 aliphatic heterocycles. The molecule has 0 N–H and O–H groups in total. The first-order chi connectivity index (χ1) is 3.43. The lowest BCUT2D eigenvalue weighted by atomic mass is 10.7. The summed E-state index contributed by atoms with van der Waals surface area (Å²) in [4.78, 5) is 0. The van der Waals surface area contributed by atoms with Crippen molar-refractivity contribution in [3.05, 3.63) is 12.3 Å². The molecule has 0 amide bonds. The lowest BCUT2D eigenvalue weighted by Gasteiger charge is -1.64. The van der Waals surface area contributed by atoms with Crippen LogP contribution in [0.2, 0.25) is 0 Å². The molecule has 0 spiro atoms. The van der Waals surface area contributed by atoms with Crippen LogP contribution in [0.4, 0.5) is 5.00 Å². The van der Waals surface area contributed by atoms with Crippen molar-refractivity contribution < 1.29 is 0 Å². The fourth-order valence-electron chi connectivity index (χ4n) is 0.261. The van der Waals surface area contributed by atoms with Gasteiger partial charge in [0.1, 0.15) is 0 Å². The van der Waals surface area contributed by atoms with Gasteiger partial charge < -0.3 is 0 Å². The van der Waals surface area contributed by atoms with Crippen LogP contribution >= 0.6 is 11.5 Å². The second-order valence-corrected chi connectivity index (χ2v) is 1.76. The molecule has 0 aliphatic carbocycles. The maximum absolute atomic E-state index is 8.02. The van der Waals surface area contributed by atoms with Gasteiger partial charge in [0.2, 0.25) is 0 Å². The number of hydrogen-bond donors (Lipinski definition) is 0. The van der Waals surface area contributed by atoms with E-state index in [0.717, 1.165) is 11.5 Å². The van der Waals surface area contributed by atoms with Crippen LogP contribution < -0.4 is 5.53 Å². The largest absolute Gasteiger partial charge is 0.199 e. The van der Waals surface area contributed by atoms with E-state index in [0.29, 0.717) is 5.00 Å². The molecule has 3 nitrogen and oxygen atoms in total. The zero-order valence-corrected chi connectivity index (χ0v) is 4.22. The molecule has 0 unspecified atom stereocenters. The minimum atomic E-state index is 0.542. The molecule has 0 atom stereocenters. The Morgan fingerprint density at radius 3 is 3.00 bits per heavy atom. The standard InChI is InChI=1S/C3H2N3S/c4-6-3-1-2-5-7-3/h1-2H. The fourth-order valence-corrected chi connectivity index (χ4v) is 0.649. The molecule has 1 radical (unpaired) electrons. The van der Waals surface area contributed by atoms with Gasteiger partial charge in [-0.15, -0.1) is 5.11 Å². The molecule has 7 heavy (non-hydrogen) atoms. The maximum atomic E-state index is 8.02. The summed E-state index contributed by atoms with van der Waals surface area (Å²) >= 11 is 1.16. The second kappa shape index (κ2) is 1.79. The predicted octanol–water partition coefficient (Wildman–Crippen LogP) is 1.03. The number of rotatable bonds is 1. The lowest BCUT2D eigenvalue weighted by molar-refractivity contribution is 1.34. The van der Waals surface area contributed by atoms with Gasteiger partial charge in [-0.05, 0) is 23.1 Å². The van der Waals surface area contributed by atoms with E-state index in [1.807, 2.05) is 0 Å². The van der Waals surface area contributed by atoms with E-state index in [1.54, 1.807) is 12.3 Å². The summed E-state index contributed by atoms with van der Waals surface area (Å²) in [6.45, 7) is 0. The third kappa shape index (κ3) is 0.806. The molecular formula is C3H2N3S. The molecule has 35 valence electrons. The van der Waals surface area contributed by atoms with Gasteiger partial charge in [0.25, 0.3) is 0 Å². The molecule has 0 aromatic carbocycles. The van der Waals surface area contributed by atoms with E-state index in [2.05, 4.69) is 9.49 Å². The first kappa shape index (κ1) is 4.39. The van der Waals surface area contributed by atoms with Crippen molar-refractivity contribution in [2.75, 3.05) is 0 Å². The molecule has 1 heterocycles. The lowest BCUT2D eigenvalue weighted by Crippen LogP contribution is -1.41. The minimum absolute atomic E-state index is 0.542. The van der Waals surface area contributed by atoms with Gasteiger partial charge in [-0.1, -0.05) is 0 Å². The van der Waals surface area contributed by atoms with Crippen LogP contribution in [0.3, 0.4) is 0 Å². The Hall–Kier alpha value is -0.770. The average Bonchev–Trinajstić information content (AvgIpc) is 2.14. The van der Waals surface area contributed by atoms with Crippen molar-refractivity contribution in [3.63, 3.8) is 0 Å². The molecule has 0 fully saturated rings. The molecule has 1 aromatic rings. The van der Waals surface area contributed by atoms with Crippen molar-refractivity contribution >= 4 is 16.5 Å². The van der Waals surface area contributed by atoms with Crippen LogP contribution in [-0.2, 0) is 0 Å². The molecule has 4 heteroatoms. The Morgan fingerprint density at radius 2 is 2.71 bits per heavy atom. The number of nitrogens with zero attached hydrogens (tertiary/aromatic N) is 3. The second-order valence-electron chi connectivity index (χ2n) is 0.951. The smallest absolute Gasteiger partial charge is 0.160 e. The van der Waals surface area contributed by atoms with Crippen molar-refractivity contribution in [3.8, 4) is 0 Å². The Morgan fingerprint density at radius 1 is 1.86 bits per heavy atom. The third-order valence-corrected chi connectivity index (χ3v) is 1.15. The first-order valence-electron chi connectivity index (χ1n) is 1.69. The summed E-state index contributed by atoms with van der Waals surface area (Å²) < 4.78 is 3.68. The zero-order valence-electron chi connectivity index (χ0n) is 3.40. The number of aromatic nitrogens is 1. The van der Waals surface area contributed by atoms with Gasteiger partial charge >= 0.3 is 0 Å². The van der Waals surface area contributed by atoms with E-state index in [9.17, 15) is 0 Å². The van der Waals surface area contributed by atoms with Gasteiger partial charge in [-0.3, -0.25) is 0 Å². The summed E-state index contributed by atoms with van der Waals surface area (Å²) in [6, 6.07) is 1.63. The molecule has 0 saturated heterocycles. The fraction of sp³-hybridized carbons (Fsp3) is 0. The molecule has 0 bridgehead atoms. The van der Waals surface area contributed by atoms with Crippen molar-refractivity contribution in [2.24, 2.45) is 5.11 Å². The van der Waals surface area contributed by atoms with E-state index in [4.69, 9.17) is 5.53 Å². The minimum Gasteiger partial charge on any atom is -0.199 e. The summed E-state index contributed by atoms with van der Waals surface area (Å²) in [5.74, 6) is 0. The summed E-state index contributed by atoms with van der Waals surface area (Å²) in [7, 11) is 0. The highest BCUT2D eigenvalue weighted by Crippen LogP contribution is 2.13. The zero-order chi connectivity index (χ0) is 5.11.